The fourth-order valence-electron chi connectivity index (χ4n) is 4.23. The molecule has 8 nitrogen and oxygen atoms in total. The highest BCUT2D eigenvalue weighted by Gasteiger charge is 2.22. The number of H-pyrrole nitrogens is 1. The van der Waals surface area contributed by atoms with Crippen molar-refractivity contribution < 1.29 is 0 Å². The summed E-state index contributed by atoms with van der Waals surface area (Å²) in [7, 11) is 3.40. The largest absolute Gasteiger partial charge is 0.356 e. The van der Waals surface area contributed by atoms with Gasteiger partial charge in [0.25, 0.3) is 5.56 Å². The molecule has 2 N–H and O–H groups in total. The first kappa shape index (κ1) is 19.4. The van der Waals surface area contributed by atoms with Gasteiger partial charge >= 0.3 is 5.69 Å². The minimum Gasteiger partial charge on any atom is -0.356 e. The van der Waals surface area contributed by atoms with Crippen molar-refractivity contribution in [2.45, 2.75) is 38.3 Å². The number of hydrogen-bond donors (Lipinski definition) is 2. The van der Waals surface area contributed by atoms with Gasteiger partial charge in [0.2, 0.25) is 5.95 Å². The van der Waals surface area contributed by atoms with Crippen molar-refractivity contribution in [3.8, 4) is 0 Å². The van der Waals surface area contributed by atoms with E-state index in [0.717, 1.165) is 26.1 Å². The second-order valence-corrected chi connectivity index (χ2v) is 7.81. The van der Waals surface area contributed by atoms with Crippen LogP contribution in [0.2, 0.25) is 0 Å². The zero-order valence-electron chi connectivity index (χ0n) is 17.0. The Hall–Kier alpha value is -2.87. The molecule has 1 aromatic carbocycles. The molecule has 29 heavy (non-hydrogen) atoms. The van der Waals surface area contributed by atoms with Crippen LogP contribution in [0.1, 0.15) is 31.2 Å². The van der Waals surface area contributed by atoms with E-state index in [9.17, 15) is 9.59 Å². The van der Waals surface area contributed by atoms with Crippen molar-refractivity contribution in [3.63, 3.8) is 0 Å². The van der Waals surface area contributed by atoms with Gasteiger partial charge in [-0.25, -0.2) is 4.79 Å². The highest BCUT2D eigenvalue weighted by molar-refractivity contribution is 5.73. The van der Waals surface area contributed by atoms with Gasteiger partial charge < -0.3 is 9.88 Å². The summed E-state index contributed by atoms with van der Waals surface area (Å²) in [5.74, 6) is 0.608. The molecule has 1 aliphatic rings. The van der Waals surface area contributed by atoms with Crippen LogP contribution < -0.4 is 16.6 Å². The first-order valence-electron chi connectivity index (χ1n) is 10.2. The molecular weight excluding hydrogens is 368 g/mol. The molecule has 1 fully saturated rings. The molecule has 0 amide bonds. The van der Waals surface area contributed by atoms with Crippen LogP contribution in [-0.2, 0) is 20.6 Å². The summed E-state index contributed by atoms with van der Waals surface area (Å²) >= 11 is 0. The zero-order chi connectivity index (χ0) is 20.4. The summed E-state index contributed by atoms with van der Waals surface area (Å²) in [5, 5.41) is 3.37. The van der Waals surface area contributed by atoms with Crippen molar-refractivity contribution in [1.82, 2.24) is 24.0 Å². The number of aromatic amines is 1. The number of hydrogen-bond acceptors (Lipinski definition) is 5. The number of fused-ring (bicyclic) bond motifs is 1. The number of imidazole rings is 1. The third-order valence-electron chi connectivity index (χ3n) is 5.87. The molecule has 0 radical (unpaired) electrons. The first-order chi connectivity index (χ1) is 14.0. The normalized spacial score (nSPS) is 17.7. The minimum absolute atomic E-state index is 0.395. The Morgan fingerprint density at radius 1 is 1.14 bits per heavy atom. The third-order valence-corrected chi connectivity index (χ3v) is 5.87. The molecule has 1 saturated heterocycles. The molecule has 0 bridgehead atoms. The van der Waals surface area contributed by atoms with Crippen LogP contribution in [0.25, 0.3) is 11.2 Å². The number of anilines is 1. The topological polar surface area (TPSA) is 88.0 Å². The summed E-state index contributed by atoms with van der Waals surface area (Å²) in [6.07, 6.45) is 4.72. The van der Waals surface area contributed by atoms with Gasteiger partial charge in [-0.05, 0) is 31.4 Å². The summed E-state index contributed by atoms with van der Waals surface area (Å²) in [6.45, 7) is 2.87. The molecule has 0 aliphatic carbocycles. The van der Waals surface area contributed by atoms with E-state index in [0.29, 0.717) is 23.2 Å². The highest BCUT2D eigenvalue weighted by Crippen LogP contribution is 2.22. The monoisotopic (exact) mass is 396 g/mol. The Balaban J connectivity index is 1.44. The second-order valence-electron chi connectivity index (χ2n) is 7.81. The van der Waals surface area contributed by atoms with Crippen LogP contribution in [0, 0.1) is 0 Å². The van der Waals surface area contributed by atoms with Crippen molar-refractivity contribution in [3.05, 3.63) is 56.7 Å². The zero-order valence-corrected chi connectivity index (χ0v) is 17.0. The number of nitrogens with one attached hydrogen (secondary N) is 2. The van der Waals surface area contributed by atoms with Gasteiger partial charge in [0.05, 0.1) is 0 Å². The van der Waals surface area contributed by atoms with Gasteiger partial charge in [-0.15, -0.1) is 0 Å². The molecule has 4 rings (SSSR count). The maximum atomic E-state index is 12.2. The van der Waals surface area contributed by atoms with Gasteiger partial charge in [0, 0.05) is 33.2 Å². The van der Waals surface area contributed by atoms with Crippen LogP contribution in [0.4, 0.5) is 5.95 Å². The molecule has 0 spiro atoms. The Morgan fingerprint density at radius 3 is 2.72 bits per heavy atom. The van der Waals surface area contributed by atoms with E-state index in [1.165, 1.54) is 29.4 Å². The van der Waals surface area contributed by atoms with Crippen molar-refractivity contribution in [2.75, 3.05) is 18.4 Å². The maximum absolute atomic E-state index is 12.2. The van der Waals surface area contributed by atoms with Crippen LogP contribution >= 0.6 is 0 Å². The van der Waals surface area contributed by atoms with Crippen LogP contribution in [-0.4, -0.2) is 43.1 Å². The fraction of sp³-hybridized carbons (Fsp3) is 0.476. The van der Waals surface area contributed by atoms with Crippen molar-refractivity contribution in [1.29, 1.82) is 0 Å². The first-order valence-corrected chi connectivity index (χ1v) is 10.2. The van der Waals surface area contributed by atoms with Gasteiger partial charge in [-0.2, -0.15) is 4.98 Å². The predicted molar refractivity (Wildman–Crippen MR) is 114 cm³/mol. The lowest BCUT2D eigenvalue weighted by Gasteiger charge is -2.36. The van der Waals surface area contributed by atoms with Crippen LogP contribution in [0.3, 0.4) is 0 Å². The van der Waals surface area contributed by atoms with Crippen molar-refractivity contribution >= 4 is 17.1 Å². The quantitative estimate of drug-likeness (QED) is 0.664. The van der Waals surface area contributed by atoms with Crippen LogP contribution in [0.5, 0.6) is 0 Å². The standard InChI is InChI=1S/C21H28N6O2/c1-25-17-18(26(2)21(29)24-19(17)28)23-20(25)22-12-11-16-10-6-7-13-27(16)14-15-8-4-3-5-9-15/h3-5,8-9,16H,6-7,10-14H2,1-2H3,(H,22,23)(H,24,28,29). The number of aryl methyl sites for hydroxylation is 2. The molecule has 1 atom stereocenters. The predicted octanol–water partition coefficient (Wildman–Crippen LogP) is 1.82. The number of aromatic nitrogens is 4. The van der Waals surface area contributed by atoms with E-state index >= 15 is 0 Å². The average molecular weight is 396 g/mol. The number of nitrogens with zero attached hydrogens (tertiary/aromatic N) is 4. The van der Waals surface area contributed by atoms with Gasteiger partial charge in [-0.3, -0.25) is 19.2 Å². The van der Waals surface area contributed by atoms with E-state index in [4.69, 9.17) is 0 Å². The maximum Gasteiger partial charge on any atom is 0.329 e. The lowest BCUT2D eigenvalue weighted by molar-refractivity contribution is 0.135. The molecule has 8 heteroatoms. The molecule has 0 saturated carbocycles. The fourth-order valence-corrected chi connectivity index (χ4v) is 4.23. The molecule has 1 aliphatic heterocycles. The number of benzene rings is 1. The van der Waals surface area contributed by atoms with E-state index in [2.05, 4.69) is 50.5 Å². The lowest BCUT2D eigenvalue weighted by Crippen LogP contribution is -2.40. The number of rotatable bonds is 6. The summed E-state index contributed by atoms with van der Waals surface area (Å²) in [6, 6.07) is 11.1. The molecule has 3 heterocycles. The molecule has 154 valence electrons. The Kier molecular flexibility index (Phi) is 5.53. The van der Waals surface area contributed by atoms with Gasteiger partial charge in [-0.1, -0.05) is 36.8 Å². The number of piperidine rings is 1. The minimum atomic E-state index is -0.453. The van der Waals surface area contributed by atoms with E-state index in [1.54, 1.807) is 18.7 Å². The Bertz CT molecular complexity index is 1100. The molecular formula is C21H28N6O2. The Morgan fingerprint density at radius 2 is 1.93 bits per heavy atom. The molecule has 3 aromatic rings. The third kappa shape index (κ3) is 3.98. The lowest BCUT2D eigenvalue weighted by atomic mass is 9.98. The van der Waals surface area contributed by atoms with Crippen molar-refractivity contribution in [2.24, 2.45) is 14.1 Å². The number of likely N-dealkylation sites (tertiary alicyclic amines) is 1. The smallest absolute Gasteiger partial charge is 0.329 e. The SMILES string of the molecule is Cn1c(NCCC2CCCCN2Cc2ccccc2)nc2c1c(=O)[nH]c(=O)n2C. The van der Waals surface area contributed by atoms with E-state index in [-0.39, 0.29) is 0 Å². The molecule has 1 unspecified atom stereocenters. The average Bonchev–Trinajstić information content (AvgIpc) is 3.05. The Labute approximate surface area is 169 Å². The van der Waals surface area contributed by atoms with E-state index in [1.807, 2.05) is 0 Å². The summed E-state index contributed by atoms with van der Waals surface area (Å²) in [5.41, 5.74) is 1.28. The van der Waals surface area contributed by atoms with Gasteiger partial charge in [0.15, 0.2) is 11.2 Å². The van der Waals surface area contributed by atoms with Gasteiger partial charge in [0.1, 0.15) is 0 Å². The van der Waals surface area contributed by atoms with Crippen LogP contribution in [0.15, 0.2) is 39.9 Å². The van der Waals surface area contributed by atoms with E-state index < -0.39 is 11.2 Å². The summed E-state index contributed by atoms with van der Waals surface area (Å²) < 4.78 is 3.08. The molecule has 2 aromatic heterocycles. The second kappa shape index (κ2) is 8.24. The summed E-state index contributed by atoms with van der Waals surface area (Å²) in [4.78, 5) is 33.4. The highest BCUT2D eigenvalue weighted by atomic mass is 16.2.